The van der Waals surface area contributed by atoms with E-state index >= 15 is 0 Å². The molecule has 0 aliphatic heterocycles. The van der Waals surface area contributed by atoms with Crippen molar-refractivity contribution in [3.8, 4) is 5.75 Å². The number of aliphatic hydroxyl groups excluding tert-OH is 1. The molecule has 6 nitrogen and oxygen atoms in total. The molecule has 23 heavy (non-hydrogen) atoms. The van der Waals surface area contributed by atoms with Crippen LogP contribution in [0.2, 0.25) is 0 Å². The monoisotopic (exact) mass is 332 g/mol. The summed E-state index contributed by atoms with van der Waals surface area (Å²) in [4.78, 5) is 11.6. The zero-order valence-electron chi connectivity index (χ0n) is 12.2. The molecular weight excluding hydrogens is 317 g/mol. The number of nitrogens with zero attached hydrogens (tertiary/aromatic N) is 2. The average molecular weight is 332 g/mol. The largest absolute Gasteiger partial charge is 0.573 e. The van der Waals surface area contributed by atoms with E-state index in [1.165, 1.54) is 12.1 Å². The van der Waals surface area contributed by atoms with Gasteiger partial charge >= 0.3 is 12.1 Å². The summed E-state index contributed by atoms with van der Waals surface area (Å²) in [5, 5.41) is 14.0. The van der Waals surface area contributed by atoms with Gasteiger partial charge in [0.2, 0.25) is 5.89 Å². The maximum Gasteiger partial charge on any atom is 0.573 e. The van der Waals surface area contributed by atoms with Crippen LogP contribution in [0.1, 0.15) is 30.9 Å². The smallest absolute Gasteiger partial charge is 0.406 e. The molecule has 1 heterocycles. The Kier molecular flexibility index (Phi) is 5.09. The van der Waals surface area contributed by atoms with Crippen molar-refractivity contribution in [1.29, 1.82) is 0 Å². The third-order valence-corrected chi connectivity index (χ3v) is 2.96. The fraction of sp³-hybridized carbons (Fsp3) is 0.429. The van der Waals surface area contributed by atoms with Gasteiger partial charge < -0.3 is 14.3 Å². The molecule has 0 spiro atoms. The van der Waals surface area contributed by atoms with Crippen molar-refractivity contribution in [3.05, 3.63) is 46.3 Å². The molecule has 0 saturated carbocycles. The van der Waals surface area contributed by atoms with Gasteiger partial charge in [-0.25, -0.2) is 4.79 Å². The molecule has 0 amide bonds. The van der Waals surface area contributed by atoms with Gasteiger partial charge in [0.1, 0.15) is 5.75 Å². The van der Waals surface area contributed by atoms with Crippen molar-refractivity contribution < 1.29 is 27.4 Å². The van der Waals surface area contributed by atoms with Crippen molar-refractivity contribution in [2.24, 2.45) is 0 Å². The Bertz CT molecular complexity index is 691. The predicted molar refractivity (Wildman–Crippen MR) is 72.8 cm³/mol. The number of aryl methyl sites for hydroxylation is 1. The summed E-state index contributed by atoms with van der Waals surface area (Å²) in [6.45, 7) is 1.74. The van der Waals surface area contributed by atoms with Crippen LogP contribution in [-0.2, 0) is 13.0 Å². The fourth-order valence-corrected chi connectivity index (χ4v) is 1.94. The number of aliphatic hydroxyl groups is 1. The first kappa shape index (κ1) is 17.1. The lowest BCUT2D eigenvalue weighted by Gasteiger charge is -2.12. The lowest BCUT2D eigenvalue weighted by molar-refractivity contribution is -0.274. The third-order valence-electron chi connectivity index (χ3n) is 2.96. The highest BCUT2D eigenvalue weighted by Gasteiger charge is 2.31. The van der Waals surface area contributed by atoms with E-state index in [2.05, 4.69) is 9.84 Å². The zero-order chi connectivity index (χ0) is 17.0. The predicted octanol–water partition coefficient (Wildman–Crippen LogP) is 2.42. The Morgan fingerprint density at radius 2 is 2.00 bits per heavy atom. The van der Waals surface area contributed by atoms with Gasteiger partial charge in [0.05, 0.1) is 12.6 Å². The van der Waals surface area contributed by atoms with Gasteiger partial charge in [0.15, 0.2) is 0 Å². The molecule has 0 bridgehead atoms. The number of hydrogen-bond acceptors (Lipinski definition) is 5. The lowest BCUT2D eigenvalue weighted by Crippen LogP contribution is -2.20. The number of rotatable bonds is 6. The first-order valence-electron chi connectivity index (χ1n) is 6.89. The minimum atomic E-state index is -4.77. The number of aromatic nitrogens is 2. The van der Waals surface area contributed by atoms with Crippen molar-refractivity contribution >= 4 is 0 Å². The van der Waals surface area contributed by atoms with Crippen molar-refractivity contribution in [1.82, 2.24) is 9.78 Å². The Labute approximate surface area is 129 Å². The van der Waals surface area contributed by atoms with Crippen LogP contribution < -0.4 is 10.5 Å². The second-order valence-corrected chi connectivity index (χ2v) is 4.83. The summed E-state index contributed by atoms with van der Waals surface area (Å²) in [6, 6.07) is 4.73. The molecule has 9 heteroatoms. The summed E-state index contributed by atoms with van der Waals surface area (Å²) in [5.41, 5.74) is 0.325. The van der Waals surface area contributed by atoms with E-state index in [4.69, 9.17) is 4.42 Å². The van der Waals surface area contributed by atoms with E-state index in [0.29, 0.717) is 12.0 Å². The highest BCUT2D eigenvalue weighted by molar-refractivity contribution is 5.28. The first-order valence-corrected chi connectivity index (χ1v) is 6.89. The Morgan fingerprint density at radius 1 is 1.35 bits per heavy atom. The Hall–Kier alpha value is -2.29. The molecule has 1 unspecified atom stereocenters. The van der Waals surface area contributed by atoms with E-state index in [0.717, 1.165) is 23.2 Å². The van der Waals surface area contributed by atoms with Gasteiger partial charge in [0.25, 0.3) is 0 Å². The quantitative estimate of drug-likeness (QED) is 0.879. The van der Waals surface area contributed by atoms with E-state index < -0.39 is 24.0 Å². The number of halogens is 3. The van der Waals surface area contributed by atoms with Crippen molar-refractivity contribution in [3.63, 3.8) is 0 Å². The normalized spacial score (nSPS) is 13.1. The van der Waals surface area contributed by atoms with Crippen LogP contribution in [0.4, 0.5) is 13.2 Å². The van der Waals surface area contributed by atoms with E-state index in [9.17, 15) is 23.1 Å². The molecule has 1 aromatic carbocycles. The topological polar surface area (TPSA) is 77.5 Å². The summed E-state index contributed by atoms with van der Waals surface area (Å²) in [7, 11) is 0. The summed E-state index contributed by atoms with van der Waals surface area (Å²) < 4.78 is 45.8. The second kappa shape index (κ2) is 6.86. The maximum absolute atomic E-state index is 12.1. The van der Waals surface area contributed by atoms with E-state index in [-0.39, 0.29) is 12.4 Å². The molecular formula is C14H15F3N2O4. The number of hydrogen-bond donors (Lipinski definition) is 1. The number of alkyl halides is 3. The van der Waals surface area contributed by atoms with E-state index in [1.54, 1.807) is 0 Å². The SMILES string of the molecule is CCCc1nn(CC(O)c2ccc(OC(F)(F)F)cc2)c(=O)o1. The first-order chi connectivity index (χ1) is 10.8. The van der Waals surface area contributed by atoms with Gasteiger partial charge in [-0.15, -0.1) is 18.3 Å². The van der Waals surface area contributed by atoms with Crippen LogP contribution in [0.5, 0.6) is 5.75 Å². The number of benzene rings is 1. The van der Waals surface area contributed by atoms with Crippen molar-refractivity contribution in [2.75, 3.05) is 0 Å². The van der Waals surface area contributed by atoms with Crippen LogP contribution in [0.3, 0.4) is 0 Å². The third kappa shape index (κ3) is 4.85. The summed E-state index contributed by atoms with van der Waals surface area (Å²) in [6.07, 6.45) is -4.64. The Morgan fingerprint density at radius 3 is 2.57 bits per heavy atom. The van der Waals surface area contributed by atoms with Crippen LogP contribution in [0.25, 0.3) is 0 Å². The zero-order valence-corrected chi connectivity index (χ0v) is 12.2. The molecule has 1 aromatic heterocycles. The minimum absolute atomic E-state index is 0.161. The molecule has 0 saturated heterocycles. The molecule has 2 rings (SSSR count). The molecule has 0 aliphatic rings. The molecule has 2 aromatic rings. The number of ether oxygens (including phenoxy) is 1. The fourth-order valence-electron chi connectivity index (χ4n) is 1.94. The summed E-state index contributed by atoms with van der Waals surface area (Å²) >= 11 is 0. The molecule has 1 N–H and O–H groups in total. The van der Waals surface area contributed by atoms with Gasteiger partial charge in [-0.3, -0.25) is 0 Å². The van der Waals surface area contributed by atoms with Crippen LogP contribution in [-0.4, -0.2) is 21.2 Å². The van der Waals surface area contributed by atoms with Gasteiger partial charge in [-0.2, -0.15) is 4.68 Å². The van der Waals surface area contributed by atoms with Crippen LogP contribution in [0.15, 0.2) is 33.5 Å². The molecule has 0 radical (unpaired) electrons. The highest BCUT2D eigenvalue weighted by atomic mass is 19.4. The van der Waals surface area contributed by atoms with Crippen molar-refractivity contribution in [2.45, 2.75) is 38.8 Å². The van der Waals surface area contributed by atoms with Gasteiger partial charge in [0, 0.05) is 6.42 Å². The van der Waals surface area contributed by atoms with Gasteiger partial charge in [-0.1, -0.05) is 19.1 Å². The van der Waals surface area contributed by atoms with Crippen LogP contribution in [0, 0.1) is 0 Å². The van der Waals surface area contributed by atoms with Crippen LogP contribution >= 0.6 is 0 Å². The molecule has 0 fully saturated rings. The lowest BCUT2D eigenvalue weighted by atomic mass is 10.1. The Balaban J connectivity index is 2.06. The van der Waals surface area contributed by atoms with E-state index in [1.807, 2.05) is 6.92 Å². The molecule has 1 atom stereocenters. The maximum atomic E-state index is 12.1. The summed E-state index contributed by atoms with van der Waals surface area (Å²) in [5.74, 6) is -0.805. The standard InChI is InChI=1S/C14H15F3N2O4/c1-2-3-12-18-19(13(21)22-12)8-11(20)9-4-6-10(7-5-9)23-14(15,16)17/h4-7,11,20H,2-3,8H2,1H3. The average Bonchev–Trinajstić information content (AvgIpc) is 2.78. The molecule has 126 valence electrons. The highest BCUT2D eigenvalue weighted by Crippen LogP contribution is 2.24. The second-order valence-electron chi connectivity index (χ2n) is 4.83. The molecule has 0 aliphatic carbocycles. The minimum Gasteiger partial charge on any atom is -0.406 e. The van der Waals surface area contributed by atoms with Gasteiger partial charge in [-0.05, 0) is 24.1 Å².